The summed E-state index contributed by atoms with van der Waals surface area (Å²) in [6.45, 7) is 1.86. The largest absolute Gasteiger partial charge is 0.488 e. The predicted octanol–water partition coefficient (Wildman–Crippen LogP) is -0.743. The van der Waals surface area contributed by atoms with Crippen molar-refractivity contribution in [2.45, 2.75) is 25.8 Å². The molecule has 0 aromatic heterocycles. The molecule has 0 aliphatic carbocycles. The van der Waals surface area contributed by atoms with E-state index >= 15 is 0 Å². The Labute approximate surface area is 107 Å². The second kappa shape index (κ2) is 7.15. The van der Waals surface area contributed by atoms with Crippen LogP contribution < -0.4 is 10.8 Å². The number of rotatable bonds is 6. The van der Waals surface area contributed by atoms with Gasteiger partial charge in [0.05, 0.1) is 12.6 Å². The van der Waals surface area contributed by atoms with Gasteiger partial charge in [-0.15, -0.1) is 0 Å². The van der Waals surface area contributed by atoms with E-state index < -0.39 is 7.12 Å². The standard InChI is InChI=1S/C12H18BNO4/c1-2-4-11(8-15)14-12(16)9-5-3-6-10(7-9)13(17)18/h3,5-7,11,15,17-18H,2,4,8H2,1H3,(H,14,16). The van der Waals surface area contributed by atoms with Crippen LogP contribution in [0.2, 0.25) is 0 Å². The van der Waals surface area contributed by atoms with Gasteiger partial charge in [0.25, 0.3) is 5.91 Å². The predicted molar refractivity (Wildman–Crippen MR) is 69.5 cm³/mol. The third kappa shape index (κ3) is 4.14. The minimum Gasteiger partial charge on any atom is -0.423 e. The van der Waals surface area contributed by atoms with Gasteiger partial charge in [0, 0.05) is 5.56 Å². The van der Waals surface area contributed by atoms with E-state index in [4.69, 9.17) is 15.2 Å². The van der Waals surface area contributed by atoms with Crippen molar-refractivity contribution >= 4 is 18.5 Å². The zero-order valence-electron chi connectivity index (χ0n) is 10.3. The van der Waals surface area contributed by atoms with Crippen LogP contribution in [-0.2, 0) is 0 Å². The highest BCUT2D eigenvalue weighted by molar-refractivity contribution is 6.58. The molecule has 0 radical (unpaired) electrons. The summed E-state index contributed by atoms with van der Waals surface area (Å²) in [4.78, 5) is 11.9. The maximum Gasteiger partial charge on any atom is 0.488 e. The Morgan fingerprint density at radius 2 is 2.17 bits per heavy atom. The topological polar surface area (TPSA) is 89.8 Å². The van der Waals surface area contributed by atoms with Crippen LogP contribution in [0.3, 0.4) is 0 Å². The van der Waals surface area contributed by atoms with Crippen LogP contribution >= 0.6 is 0 Å². The molecule has 1 aromatic carbocycles. The van der Waals surface area contributed by atoms with Crippen molar-refractivity contribution in [1.29, 1.82) is 0 Å². The molecule has 0 bridgehead atoms. The molecule has 1 atom stereocenters. The van der Waals surface area contributed by atoms with Gasteiger partial charge in [0.1, 0.15) is 0 Å². The molecular weight excluding hydrogens is 233 g/mol. The summed E-state index contributed by atoms with van der Waals surface area (Å²) < 4.78 is 0. The molecule has 5 nitrogen and oxygen atoms in total. The lowest BCUT2D eigenvalue weighted by atomic mass is 9.79. The molecule has 4 N–H and O–H groups in total. The first kappa shape index (κ1) is 14.7. The number of nitrogens with one attached hydrogen (secondary N) is 1. The van der Waals surface area contributed by atoms with Gasteiger partial charge >= 0.3 is 7.12 Å². The fraction of sp³-hybridized carbons (Fsp3) is 0.417. The zero-order chi connectivity index (χ0) is 13.5. The molecule has 1 unspecified atom stereocenters. The normalized spacial score (nSPS) is 12.0. The van der Waals surface area contributed by atoms with Gasteiger partial charge in [0.15, 0.2) is 0 Å². The molecule has 98 valence electrons. The summed E-state index contributed by atoms with van der Waals surface area (Å²) in [6.07, 6.45) is 1.56. The van der Waals surface area contributed by atoms with Crippen LogP contribution in [0.25, 0.3) is 0 Å². The van der Waals surface area contributed by atoms with E-state index in [2.05, 4.69) is 5.32 Å². The SMILES string of the molecule is CCCC(CO)NC(=O)c1cccc(B(O)O)c1. The first-order chi connectivity index (χ1) is 8.58. The van der Waals surface area contributed by atoms with Gasteiger partial charge in [-0.05, 0) is 24.0 Å². The lowest BCUT2D eigenvalue weighted by molar-refractivity contribution is 0.0913. The van der Waals surface area contributed by atoms with Crippen molar-refractivity contribution in [3.63, 3.8) is 0 Å². The molecule has 6 heteroatoms. The van der Waals surface area contributed by atoms with Gasteiger partial charge in [-0.1, -0.05) is 25.5 Å². The zero-order valence-corrected chi connectivity index (χ0v) is 10.3. The maximum absolute atomic E-state index is 11.9. The number of hydrogen-bond donors (Lipinski definition) is 4. The molecule has 1 amide bonds. The molecular formula is C12H18BNO4. The smallest absolute Gasteiger partial charge is 0.423 e. The lowest BCUT2D eigenvalue weighted by Gasteiger charge is -2.15. The summed E-state index contributed by atoms with van der Waals surface area (Å²) in [7, 11) is -1.60. The van der Waals surface area contributed by atoms with Crippen LogP contribution in [-0.4, -0.2) is 40.8 Å². The third-order valence-electron chi connectivity index (χ3n) is 2.64. The third-order valence-corrected chi connectivity index (χ3v) is 2.64. The van der Waals surface area contributed by atoms with Crippen molar-refractivity contribution in [2.75, 3.05) is 6.61 Å². The minimum atomic E-state index is -1.60. The molecule has 1 rings (SSSR count). The Balaban J connectivity index is 2.74. The number of carbonyl (C=O) groups is 1. The molecule has 1 aromatic rings. The summed E-state index contributed by atoms with van der Waals surface area (Å²) in [5.41, 5.74) is 0.605. The molecule has 0 saturated carbocycles. The number of benzene rings is 1. The van der Waals surface area contributed by atoms with Gasteiger partial charge in [-0.3, -0.25) is 4.79 Å². The summed E-state index contributed by atoms with van der Waals surface area (Å²) in [5.74, 6) is -0.329. The summed E-state index contributed by atoms with van der Waals surface area (Å²) >= 11 is 0. The fourth-order valence-corrected chi connectivity index (χ4v) is 1.67. The van der Waals surface area contributed by atoms with E-state index in [-0.39, 0.29) is 24.0 Å². The Kier molecular flexibility index (Phi) is 5.84. The number of aliphatic hydroxyl groups excluding tert-OH is 1. The molecule has 0 saturated heterocycles. The summed E-state index contributed by atoms with van der Waals surface area (Å²) in [6, 6.07) is 5.83. The number of hydrogen-bond acceptors (Lipinski definition) is 4. The van der Waals surface area contributed by atoms with Crippen LogP contribution in [0.1, 0.15) is 30.1 Å². The number of aliphatic hydroxyl groups is 1. The quantitative estimate of drug-likeness (QED) is 0.501. The van der Waals surface area contributed by atoms with Crippen LogP contribution in [0, 0.1) is 0 Å². The van der Waals surface area contributed by atoms with Crippen LogP contribution in [0.15, 0.2) is 24.3 Å². The summed E-state index contributed by atoms with van der Waals surface area (Å²) in [5, 5.41) is 29.9. The minimum absolute atomic E-state index is 0.109. The number of carbonyl (C=O) groups excluding carboxylic acids is 1. The van der Waals surface area contributed by atoms with Crippen LogP contribution in [0.5, 0.6) is 0 Å². The maximum atomic E-state index is 11.9. The van der Waals surface area contributed by atoms with Gasteiger partial charge in [-0.2, -0.15) is 0 Å². The highest BCUT2D eigenvalue weighted by Gasteiger charge is 2.15. The first-order valence-electron chi connectivity index (χ1n) is 5.96. The van der Waals surface area contributed by atoms with E-state index in [1.165, 1.54) is 12.1 Å². The average molecular weight is 251 g/mol. The van der Waals surface area contributed by atoms with Gasteiger partial charge in [-0.25, -0.2) is 0 Å². The van der Waals surface area contributed by atoms with Crippen molar-refractivity contribution in [2.24, 2.45) is 0 Å². The van der Waals surface area contributed by atoms with E-state index in [0.717, 1.165) is 6.42 Å². The van der Waals surface area contributed by atoms with Gasteiger partial charge in [0.2, 0.25) is 0 Å². The van der Waals surface area contributed by atoms with E-state index in [1.807, 2.05) is 6.92 Å². The van der Waals surface area contributed by atoms with Crippen molar-refractivity contribution in [1.82, 2.24) is 5.32 Å². The first-order valence-corrected chi connectivity index (χ1v) is 5.96. The monoisotopic (exact) mass is 251 g/mol. The second-order valence-corrected chi connectivity index (χ2v) is 4.14. The second-order valence-electron chi connectivity index (χ2n) is 4.14. The average Bonchev–Trinajstić information content (AvgIpc) is 2.38. The Morgan fingerprint density at radius 3 is 2.72 bits per heavy atom. The number of amides is 1. The molecule has 18 heavy (non-hydrogen) atoms. The van der Waals surface area contributed by atoms with Crippen molar-refractivity contribution < 1.29 is 19.9 Å². The Morgan fingerprint density at radius 1 is 1.44 bits per heavy atom. The molecule has 0 heterocycles. The Bertz CT molecular complexity index is 397. The van der Waals surface area contributed by atoms with Gasteiger partial charge < -0.3 is 20.5 Å². The van der Waals surface area contributed by atoms with E-state index in [9.17, 15) is 4.79 Å². The molecule has 0 aliphatic heterocycles. The van der Waals surface area contributed by atoms with Crippen molar-refractivity contribution in [3.05, 3.63) is 29.8 Å². The highest BCUT2D eigenvalue weighted by Crippen LogP contribution is 2.01. The van der Waals surface area contributed by atoms with Crippen molar-refractivity contribution in [3.8, 4) is 0 Å². The highest BCUT2D eigenvalue weighted by atomic mass is 16.4. The molecule has 0 fully saturated rings. The van der Waals surface area contributed by atoms with E-state index in [0.29, 0.717) is 12.0 Å². The Hall–Kier alpha value is -1.37. The van der Waals surface area contributed by atoms with Crippen LogP contribution in [0.4, 0.5) is 0 Å². The lowest BCUT2D eigenvalue weighted by Crippen LogP contribution is -2.38. The fourth-order valence-electron chi connectivity index (χ4n) is 1.67. The molecule has 0 spiro atoms. The molecule has 0 aliphatic rings. The van der Waals surface area contributed by atoms with E-state index in [1.54, 1.807) is 12.1 Å².